The second-order valence-corrected chi connectivity index (χ2v) is 5.35. The fourth-order valence-corrected chi connectivity index (χ4v) is 3.08. The Labute approximate surface area is 106 Å². The predicted octanol–water partition coefficient (Wildman–Crippen LogP) is 2.60. The quantitative estimate of drug-likeness (QED) is 0.922. The van der Waals surface area contributed by atoms with Gasteiger partial charge in [0.05, 0.1) is 5.69 Å². The van der Waals surface area contributed by atoms with Crippen molar-refractivity contribution >= 4 is 15.9 Å². The largest absolute Gasteiger partial charge is 0.326 e. The van der Waals surface area contributed by atoms with Gasteiger partial charge in [-0.2, -0.15) is 0 Å². The highest BCUT2D eigenvalue weighted by molar-refractivity contribution is 9.10. The van der Waals surface area contributed by atoms with Crippen molar-refractivity contribution in [2.24, 2.45) is 7.05 Å². The Morgan fingerprint density at radius 3 is 2.75 bits per heavy atom. The van der Waals surface area contributed by atoms with Crippen LogP contribution in [0.4, 0.5) is 0 Å². The van der Waals surface area contributed by atoms with Crippen LogP contribution in [0.3, 0.4) is 0 Å². The van der Waals surface area contributed by atoms with E-state index < -0.39 is 0 Å². The number of aromatic nitrogens is 2. The molecule has 16 heavy (non-hydrogen) atoms. The number of hydrogen-bond acceptors (Lipinski definition) is 2. The third kappa shape index (κ3) is 2.33. The summed E-state index contributed by atoms with van der Waals surface area (Å²) in [6.45, 7) is 0.988. The lowest BCUT2D eigenvalue weighted by Gasteiger charge is -2.05. The van der Waals surface area contributed by atoms with E-state index in [1.54, 1.807) is 0 Å². The van der Waals surface area contributed by atoms with E-state index in [0.717, 1.165) is 13.0 Å². The van der Waals surface area contributed by atoms with E-state index in [1.807, 2.05) is 7.05 Å². The van der Waals surface area contributed by atoms with Crippen LogP contribution in [0, 0.1) is 0 Å². The zero-order valence-electron chi connectivity index (χ0n) is 10.1. The van der Waals surface area contributed by atoms with Gasteiger partial charge in [0.1, 0.15) is 10.4 Å². The molecular formula is C12H20BrN3. The Morgan fingerprint density at radius 2 is 2.12 bits per heavy atom. The van der Waals surface area contributed by atoms with E-state index in [4.69, 9.17) is 4.98 Å². The van der Waals surface area contributed by atoms with Crippen molar-refractivity contribution in [3.63, 3.8) is 0 Å². The lowest BCUT2D eigenvalue weighted by Crippen LogP contribution is -2.13. The van der Waals surface area contributed by atoms with Crippen LogP contribution in [0.1, 0.15) is 43.1 Å². The van der Waals surface area contributed by atoms with Crippen LogP contribution in [0.15, 0.2) is 4.60 Å². The molecule has 3 nitrogen and oxygen atoms in total. The standard InChI is InChI=1S/C12H20BrN3/c1-14-8-7-10-15-11(12(13)16(10)2)9-5-3-4-6-9/h9,14H,3-8H2,1-2H3. The van der Waals surface area contributed by atoms with Crippen LogP contribution >= 0.6 is 15.9 Å². The molecule has 0 radical (unpaired) electrons. The van der Waals surface area contributed by atoms with Crippen LogP contribution < -0.4 is 5.32 Å². The zero-order chi connectivity index (χ0) is 11.5. The van der Waals surface area contributed by atoms with Crippen LogP contribution in [0.2, 0.25) is 0 Å². The molecule has 0 aromatic carbocycles. The first-order valence-corrected chi connectivity index (χ1v) is 6.89. The van der Waals surface area contributed by atoms with Gasteiger partial charge in [0.2, 0.25) is 0 Å². The van der Waals surface area contributed by atoms with Gasteiger partial charge < -0.3 is 9.88 Å². The fourth-order valence-electron chi connectivity index (χ4n) is 2.46. The molecule has 4 heteroatoms. The van der Waals surface area contributed by atoms with Gasteiger partial charge in [-0.05, 0) is 35.8 Å². The predicted molar refractivity (Wildman–Crippen MR) is 69.7 cm³/mol. The third-order valence-corrected chi connectivity index (χ3v) is 4.42. The lowest BCUT2D eigenvalue weighted by molar-refractivity contribution is 0.692. The zero-order valence-corrected chi connectivity index (χ0v) is 11.7. The number of halogens is 1. The van der Waals surface area contributed by atoms with Gasteiger partial charge in [-0.25, -0.2) is 4.98 Å². The maximum Gasteiger partial charge on any atom is 0.110 e. The summed E-state index contributed by atoms with van der Waals surface area (Å²) in [5, 5.41) is 3.17. The Bertz CT molecular complexity index is 353. The van der Waals surface area contributed by atoms with Crippen molar-refractivity contribution < 1.29 is 0 Å². The Morgan fingerprint density at radius 1 is 1.44 bits per heavy atom. The monoisotopic (exact) mass is 285 g/mol. The molecule has 1 heterocycles. The van der Waals surface area contributed by atoms with E-state index in [0.29, 0.717) is 5.92 Å². The molecule has 2 rings (SSSR count). The second kappa shape index (κ2) is 5.32. The van der Waals surface area contributed by atoms with Crippen molar-refractivity contribution in [1.82, 2.24) is 14.9 Å². The smallest absolute Gasteiger partial charge is 0.110 e. The van der Waals surface area contributed by atoms with E-state index in [9.17, 15) is 0 Å². The molecule has 1 saturated carbocycles. The van der Waals surface area contributed by atoms with Gasteiger partial charge in [0, 0.05) is 25.9 Å². The molecule has 1 aliphatic carbocycles. The molecule has 1 aromatic rings. The van der Waals surface area contributed by atoms with Gasteiger partial charge in [-0.3, -0.25) is 0 Å². The third-order valence-electron chi connectivity index (χ3n) is 3.48. The Balaban J connectivity index is 2.18. The van der Waals surface area contributed by atoms with Gasteiger partial charge in [0.15, 0.2) is 0 Å². The SMILES string of the molecule is CNCCc1nc(C2CCCC2)c(Br)n1C. The lowest BCUT2D eigenvalue weighted by atomic mass is 10.1. The molecule has 0 spiro atoms. The van der Waals surface area contributed by atoms with Crippen LogP contribution in [0.5, 0.6) is 0 Å². The van der Waals surface area contributed by atoms with E-state index >= 15 is 0 Å². The average molecular weight is 286 g/mol. The first-order valence-electron chi connectivity index (χ1n) is 6.09. The number of hydrogen-bond donors (Lipinski definition) is 1. The molecule has 0 atom stereocenters. The van der Waals surface area contributed by atoms with Crippen molar-refractivity contribution in [3.05, 3.63) is 16.1 Å². The molecule has 1 fully saturated rings. The van der Waals surface area contributed by atoms with Crippen molar-refractivity contribution in [1.29, 1.82) is 0 Å². The minimum Gasteiger partial charge on any atom is -0.326 e. The van der Waals surface area contributed by atoms with Crippen molar-refractivity contribution in [3.8, 4) is 0 Å². The number of likely N-dealkylation sites (N-methyl/N-ethyl adjacent to an activating group) is 1. The summed E-state index contributed by atoms with van der Waals surface area (Å²) in [5.41, 5.74) is 1.28. The summed E-state index contributed by atoms with van der Waals surface area (Å²) in [5.74, 6) is 1.87. The van der Waals surface area contributed by atoms with Crippen LogP contribution in [-0.4, -0.2) is 23.1 Å². The summed E-state index contributed by atoms with van der Waals surface area (Å²) in [6.07, 6.45) is 6.33. The topological polar surface area (TPSA) is 29.9 Å². The normalized spacial score (nSPS) is 17.2. The van der Waals surface area contributed by atoms with E-state index in [1.165, 1.54) is 41.8 Å². The van der Waals surface area contributed by atoms with Gasteiger partial charge in [0.25, 0.3) is 0 Å². The van der Waals surface area contributed by atoms with Crippen molar-refractivity contribution in [2.45, 2.75) is 38.0 Å². The minimum absolute atomic E-state index is 0.684. The molecular weight excluding hydrogens is 266 g/mol. The van der Waals surface area contributed by atoms with Crippen molar-refractivity contribution in [2.75, 3.05) is 13.6 Å². The van der Waals surface area contributed by atoms with Crippen LogP contribution in [-0.2, 0) is 13.5 Å². The molecule has 90 valence electrons. The van der Waals surface area contributed by atoms with Crippen LogP contribution in [0.25, 0.3) is 0 Å². The van der Waals surface area contributed by atoms with Gasteiger partial charge >= 0.3 is 0 Å². The molecule has 0 unspecified atom stereocenters. The van der Waals surface area contributed by atoms with Gasteiger partial charge in [-0.15, -0.1) is 0 Å². The molecule has 1 aromatic heterocycles. The molecule has 0 aliphatic heterocycles. The Kier molecular flexibility index (Phi) is 4.03. The van der Waals surface area contributed by atoms with E-state index in [-0.39, 0.29) is 0 Å². The molecule has 1 aliphatic rings. The molecule has 0 amide bonds. The maximum atomic E-state index is 4.80. The summed E-state index contributed by atoms with van der Waals surface area (Å²) < 4.78 is 3.37. The highest BCUT2D eigenvalue weighted by atomic mass is 79.9. The van der Waals surface area contributed by atoms with Gasteiger partial charge in [-0.1, -0.05) is 12.8 Å². The highest BCUT2D eigenvalue weighted by Crippen LogP contribution is 2.37. The fraction of sp³-hybridized carbons (Fsp3) is 0.750. The summed E-state index contributed by atoms with van der Waals surface area (Å²) >= 11 is 3.68. The maximum absolute atomic E-state index is 4.80. The van der Waals surface area contributed by atoms with E-state index in [2.05, 4.69) is 32.9 Å². The number of imidazole rings is 1. The number of nitrogens with one attached hydrogen (secondary N) is 1. The average Bonchev–Trinajstić information content (AvgIpc) is 2.88. The molecule has 1 N–H and O–H groups in total. The summed E-state index contributed by atoms with van der Waals surface area (Å²) in [6, 6.07) is 0. The molecule has 0 saturated heterocycles. The number of rotatable bonds is 4. The minimum atomic E-state index is 0.684. The second-order valence-electron chi connectivity index (χ2n) is 4.60. The summed E-state index contributed by atoms with van der Waals surface area (Å²) in [7, 11) is 4.08. The highest BCUT2D eigenvalue weighted by Gasteiger charge is 2.24. The summed E-state index contributed by atoms with van der Waals surface area (Å²) in [4.78, 5) is 4.80. The first kappa shape index (κ1) is 12.1. The first-order chi connectivity index (χ1) is 7.74. The number of nitrogens with zero attached hydrogens (tertiary/aromatic N) is 2. The Hall–Kier alpha value is -0.350. The molecule has 0 bridgehead atoms.